The van der Waals surface area contributed by atoms with E-state index >= 15 is 0 Å². The van der Waals surface area contributed by atoms with E-state index in [0.29, 0.717) is 12.0 Å². The predicted molar refractivity (Wildman–Crippen MR) is 140 cm³/mol. The normalized spacial score (nSPS) is 12.3. The Labute approximate surface area is 229 Å². The van der Waals surface area contributed by atoms with Gasteiger partial charge in [-0.1, -0.05) is 40.7 Å². The van der Waals surface area contributed by atoms with Gasteiger partial charge in [0.05, 0.1) is 26.9 Å². The molecule has 0 bridgehead atoms. The first-order valence-corrected chi connectivity index (χ1v) is 12.9. The van der Waals surface area contributed by atoms with Crippen LogP contribution in [0.4, 0.5) is 14.4 Å². The van der Waals surface area contributed by atoms with Crippen molar-refractivity contribution in [2.45, 2.75) is 66.5 Å². The molecule has 12 nitrogen and oxygen atoms in total. The lowest BCUT2D eigenvalue weighted by molar-refractivity contribution is -0.143. The van der Waals surface area contributed by atoms with E-state index in [9.17, 15) is 19.2 Å². The highest BCUT2D eigenvalue weighted by Crippen LogP contribution is 2.30. The molecule has 12 heteroatoms. The minimum Gasteiger partial charge on any atom is -0.468 e. The Morgan fingerprint density at radius 1 is 0.821 bits per heavy atom. The summed E-state index contributed by atoms with van der Waals surface area (Å²) in [5.41, 5.74) is 0.545. The van der Waals surface area contributed by atoms with Crippen molar-refractivity contribution in [2.24, 2.45) is 11.8 Å². The number of esters is 1. The van der Waals surface area contributed by atoms with E-state index in [1.807, 2.05) is 34.6 Å². The maximum Gasteiger partial charge on any atom is 0.513 e. The van der Waals surface area contributed by atoms with Crippen molar-refractivity contribution in [2.75, 3.05) is 33.5 Å². The molecule has 0 fully saturated rings. The largest absolute Gasteiger partial charge is 0.513 e. The molecule has 1 rings (SSSR count). The number of rotatable bonds is 15. The summed E-state index contributed by atoms with van der Waals surface area (Å²) in [7, 11) is 1.25. The van der Waals surface area contributed by atoms with Crippen LogP contribution >= 0.6 is 0 Å². The maximum atomic E-state index is 12.4. The van der Waals surface area contributed by atoms with Crippen LogP contribution in [0.2, 0.25) is 0 Å². The summed E-state index contributed by atoms with van der Waals surface area (Å²) >= 11 is 0. The molecule has 0 spiro atoms. The second-order valence-electron chi connectivity index (χ2n) is 9.61. The first kappa shape index (κ1) is 33.5. The van der Waals surface area contributed by atoms with Crippen molar-refractivity contribution in [3.05, 3.63) is 23.8 Å². The van der Waals surface area contributed by atoms with Gasteiger partial charge in [-0.05, 0) is 49.3 Å². The fourth-order valence-corrected chi connectivity index (χ4v) is 2.90. The fourth-order valence-electron chi connectivity index (χ4n) is 2.90. The molecule has 0 amide bonds. The number of nitrogens with one attached hydrogen (secondary N) is 1. The Morgan fingerprint density at radius 3 is 1.95 bits per heavy atom. The summed E-state index contributed by atoms with van der Waals surface area (Å²) < 4.78 is 35.6. The summed E-state index contributed by atoms with van der Waals surface area (Å²) in [6.07, 6.45) is -2.56. The zero-order chi connectivity index (χ0) is 29.4. The van der Waals surface area contributed by atoms with Crippen molar-refractivity contribution >= 4 is 24.4 Å². The molecule has 0 radical (unpaired) electrons. The van der Waals surface area contributed by atoms with Gasteiger partial charge in [-0.3, -0.25) is 4.79 Å². The number of ether oxygens (including phenoxy) is 7. The number of hydrogen-bond donors (Lipinski definition) is 1. The minimum atomic E-state index is -0.982. The molecule has 0 saturated heterocycles. The first-order chi connectivity index (χ1) is 18.4. The standard InChI is InChI=1S/C27H41NO11/c1-8-11-34-25(30)37-19(6)14-28-21(24(29)33-7)12-20-9-10-22(38-26(31)35-15-17(2)3)23(13-20)39-27(32)36-16-18(4)5/h9-10,13,17-19,21,28H,8,11-12,14-16H2,1-7H3/t19?,21-/m0/s1. The third kappa shape index (κ3) is 14.3. The van der Waals surface area contributed by atoms with Gasteiger partial charge in [0.2, 0.25) is 0 Å². The number of carbonyl (C=O) groups is 4. The fraction of sp³-hybridized carbons (Fsp3) is 0.630. The van der Waals surface area contributed by atoms with Gasteiger partial charge in [0.1, 0.15) is 12.1 Å². The van der Waals surface area contributed by atoms with Crippen LogP contribution in [0.25, 0.3) is 0 Å². The summed E-state index contributed by atoms with van der Waals surface area (Å²) in [6.45, 7) is 11.6. The highest BCUT2D eigenvalue weighted by Gasteiger charge is 2.23. The highest BCUT2D eigenvalue weighted by atomic mass is 16.7. The average Bonchev–Trinajstić information content (AvgIpc) is 2.88. The molecule has 0 aliphatic carbocycles. The van der Waals surface area contributed by atoms with Gasteiger partial charge in [0.15, 0.2) is 11.5 Å². The van der Waals surface area contributed by atoms with Crippen LogP contribution in [0, 0.1) is 11.8 Å². The number of benzene rings is 1. The molecule has 220 valence electrons. The molecule has 1 unspecified atom stereocenters. The molecule has 0 aromatic heterocycles. The molecule has 1 aromatic rings. The van der Waals surface area contributed by atoms with Gasteiger partial charge in [0, 0.05) is 6.54 Å². The van der Waals surface area contributed by atoms with Gasteiger partial charge in [-0.15, -0.1) is 0 Å². The Morgan fingerprint density at radius 2 is 1.41 bits per heavy atom. The van der Waals surface area contributed by atoms with Crippen molar-refractivity contribution < 1.29 is 52.3 Å². The Hall–Kier alpha value is -3.54. The summed E-state index contributed by atoms with van der Waals surface area (Å²) in [5, 5.41) is 3.00. The Kier molecular flexibility index (Phi) is 15.3. The van der Waals surface area contributed by atoms with Crippen LogP contribution in [-0.2, 0) is 34.9 Å². The third-order valence-corrected chi connectivity index (χ3v) is 4.76. The van der Waals surface area contributed by atoms with Crippen molar-refractivity contribution in [3.63, 3.8) is 0 Å². The maximum absolute atomic E-state index is 12.4. The van der Waals surface area contributed by atoms with E-state index in [4.69, 9.17) is 33.2 Å². The lowest BCUT2D eigenvalue weighted by atomic mass is 10.0. The number of hydrogen-bond acceptors (Lipinski definition) is 12. The lowest BCUT2D eigenvalue weighted by Crippen LogP contribution is -2.43. The third-order valence-electron chi connectivity index (χ3n) is 4.76. The van der Waals surface area contributed by atoms with E-state index in [0.717, 1.165) is 0 Å². The first-order valence-electron chi connectivity index (χ1n) is 12.9. The van der Waals surface area contributed by atoms with Crippen molar-refractivity contribution in [3.8, 4) is 11.5 Å². The van der Waals surface area contributed by atoms with Crippen LogP contribution in [-0.4, -0.2) is 70.1 Å². The van der Waals surface area contributed by atoms with E-state index in [1.165, 1.54) is 19.2 Å². The molecule has 0 saturated carbocycles. The van der Waals surface area contributed by atoms with Crippen molar-refractivity contribution in [1.82, 2.24) is 5.32 Å². The summed E-state index contributed by atoms with van der Waals surface area (Å²) in [5.74, 6) is -0.546. The van der Waals surface area contributed by atoms with Gasteiger partial charge < -0.3 is 38.5 Å². The summed E-state index contributed by atoms with van der Waals surface area (Å²) in [4.78, 5) is 48.5. The smallest absolute Gasteiger partial charge is 0.468 e. The van der Waals surface area contributed by atoms with E-state index in [1.54, 1.807) is 13.0 Å². The van der Waals surface area contributed by atoms with E-state index in [2.05, 4.69) is 5.32 Å². The SMILES string of the molecule is CCCOC(=O)OC(C)CN[C@@H](Cc1ccc(OC(=O)OCC(C)C)c(OC(=O)OCC(C)C)c1)C(=O)OC. The van der Waals surface area contributed by atoms with Crippen LogP contribution in [0.15, 0.2) is 18.2 Å². The number of methoxy groups -OCH3 is 1. The van der Waals surface area contributed by atoms with Crippen molar-refractivity contribution in [1.29, 1.82) is 0 Å². The topological polar surface area (TPSA) is 145 Å². The molecule has 0 aliphatic heterocycles. The van der Waals surface area contributed by atoms with Gasteiger partial charge in [-0.2, -0.15) is 0 Å². The van der Waals surface area contributed by atoms with E-state index in [-0.39, 0.29) is 56.1 Å². The van der Waals surface area contributed by atoms with E-state index < -0.39 is 36.6 Å². The second-order valence-corrected chi connectivity index (χ2v) is 9.61. The predicted octanol–water partition coefficient (Wildman–Crippen LogP) is 4.65. The Bertz CT molecular complexity index is 932. The molecule has 0 heterocycles. The van der Waals surface area contributed by atoms with Crippen LogP contribution < -0.4 is 14.8 Å². The second kappa shape index (κ2) is 17.9. The van der Waals surface area contributed by atoms with Crippen LogP contribution in [0.3, 0.4) is 0 Å². The molecule has 1 N–H and O–H groups in total. The van der Waals surface area contributed by atoms with Crippen LogP contribution in [0.1, 0.15) is 53.5 Å². The van der Waals surface area contributed by atoms with Crippen LogP contribution in [0.5, 0.6) is 11.5 Å². The molecular weight excluding hydrogens is 514 g/mol. The quantitative estimate of drug-likeness (QED) is 0.183. The van der Waals surface area contributed by atoms with Gasteiger partial charge >= 0.3 is 24.4 Å². The average molecular weight is 556 g/mol. The molecular formula is C27H41NO11. The molecule has 0 aliphatic rings. The van der Waals surface area contributed by atoms with Gasteiger partial charge in [-0.25, -0.2) is 14.4 Å². The number of carbonyl (C=O) groups excluding carboxylic acids is 4. The molecule has 2 atom stereocenters. The zero-order valence-corrected chi connectivity index (χ0v) is 23.8. The zero-order valence-electron chi connectivity index (χ0n) is 23.8. The minimum absolute atomic E-state index is 0.0656. The monoisotopic (exact) mass is 555 g/mol. The highest BCUT2D eigenvalue weighted by molar-refractivity contribution is 5.76. The van der Waals surface area contributed by atoms with Gasteiger partial charge in [0.25, 0.3) is 0 Å². The Balaban J connectivity index is 3.02. The molecule has 1 aromatic carbocycles. The summed E-state index contributed by atoms with van der Waals surface area (Å²) in [6, 6.07) is 3.62. The molecule has 39 heavy (non-hydrogen) atoms. The lowest BCUT2D eigenvalue weighted by Gasteiger charge is -2.20.